The fourth-order valence-corrected chi connectivity index (χ4v) is 2.32. The molecule has 21 heavy (non-hydrogen) atoms. The first-order valence-electron chi connectivity index (χ1n) is 6.78. The van der Waals surface area contributed by atoms with E-state index in [0.29, 0.717) is 25.1 Å². The number of aromatic nitrogens is 3. The molecule has 0 amide bonds. The zero-order valence-electron chi connectivity index (χ0n) is 11.7. The van der Waals surface area contributed by atoms with Crippen LogP contribution in [0.3, 0.4) is 0 Å². The van der Waals surface area contributed by atoms with Gasteiger partial charge in [0.05, 0.1) is 12.2 Å². The number of benzene rings is 1. The van der Waals surface area contributed by atoms with Gasteiger partial charge in [0.1, 0.15) is 5.58 Å². The third kappa shape index (κ3) is 2.85. The second-order valence-electron chi connectivity index (χ2n) is 5.04. The zero-order chi connectivity index (χ0) is 14.8. The van der Waals surface area contributed by atoms with E-state index in [9.17, 15) is 4.79 Å². The Morgan fingerprint density at radius 1 is 1.33 bits per heavy atom. The molecule has 0 saturated carbocycles. The molecule has 0 fully saturated rings. The summed E-state index contributed by atoms with van der Waals surface area (Å²) in [5, 5.41) is 9.03. The molecule has 2 aromatic heterocycles. The van der Waals surface area contributed by atoms with Crippen molar-refractivity contribution in [2.75, 3.05) is 6.54 Å². The van der Waals surface area contributed by atoms with Gasteiger partial charge in [-0.15, -0.1) is 5.10 Å². The van der Waals surface area contributed by atoms with Gasteiger partial charge in [-0.25, -0.2) is 9.48 Å². The summed E-state index contributed by atoms with van der Waals surface area (Å²) in [4.78, 5) is 11.7. The molecule has 2 heterocycles. The number of aryl methyl sites for hydroxylation is 1. The third-order valence-corrected chi connectivity index (χ3v) is 3.30. The molecule has 0 spiro atoms. The lowest BCUT2D eigenvalue weighted by Crippen LogP contribution is -2.06. The number of rotatable bonds is 4. The van der Waals surface area contributed by atoms with Crippen molar-refractivity contribution in [2.45, 2.75) is 19.9 Å². The van der Waals surface area contributed by atoms with Crippen molar-refractivity contribution in [3.05, 3.63) is 57.7 Å². The summed E-state index contributed by atoms with van der Waals surface area (Å²) < 4.78 is 6.95. The smallest absolute Gasteiger partial charge is 0.336 e. The lowest BCUT2D eigenvalue weighted by atomic mass is 10.1. The first kappa shape index (κ1) is 13.5. The summed E-state index contributed by atoms with van der Waals surface area (Å²) in [6.07, 6.45) is 2.54. The van der Waals surface area contributed by atoms with Crippen LogP contribution in [0, 0.1) is 6.92 Å². The van der Waals surface area contributed by atoms with Gasteiger partial charge in [-0.3, -0.25) is 0 Å². The molecule has 0 unspecified atom stereocenters. The number of nitrogens with two attached hydrogens (primary N) is 1. The number of hydrogen-bond acceptors (Lipinski definition) is 5. The molecule has 3 aromatic rings. The maximum Gasteiger partial charge on any atom is 0.336 e. The minimum atomic E-state index is -0.356. The van der Waals surface area contributed by atoms with Crippen LogP contribution in [0.15, 0.2) is 39.7 Å². The highest BCUT2D eigenvalue weighted by atomic mass is 16.4. The summed E-state index contributed by atoms with van der Waals surface area (Å²) in [5.41, 5.74) is 8.50. The highest BCUT2D eigenvalue weighted by molar-refractivity contribution is 5.80. The van der Waals surface area contributed by atoms with Gasteiger partial charge in [0.25, 0.3) is 0 Å². The van der Waals surface area contributed by atoms with Crippen LogP contribution in [0.25, 0.3) is 11.0 Å². The van der Waals surface area contributed by atoms with Crippen LogP contribution >= 0.6 is 0 Å². The molecule has 108 valence electrons. The molecule has 3 rings (SSSR count). The molecule has 0 bridgehead atoms. The maximum atomic E-state index is 11.7. The Bertz CT molecular complexity index is 835. The van der Waals surface area contributed by atoms with Gasteiger partial charge in [-0.05, 0) is 30.7 Å². The molecule has 0 aliphatic rings. The summed E-state index contributed by atoms with van der Waals surface area (Å²) in [7, 11) is 0. The van der Waals surface area contributed by atoms with Crippen molar-refractivity contribution in [1.82, 2.24) is 15.0 Å². The summed E-state index contributed by atoms with van der Waals surface area (Å²) in [6, 6.07) is 7.32. The van der Waals surface area contributed by atoms with Crippen LogP contribution in [0.5, 0.6) is 0 Å². The highest BCUT2D eigenvalue weighted by Crippen LogP contribution is 2.19. The fraction of sp³-hybridized carbons (Fsp3) is 0.267. The zero-order valence-corrected chi connectivity index (χ0v) is 11.7. The van der Waals surface area contributed by atoms with Crippen LogP contribution in [0.1, 0.15) is 16.8 Å². The van der Waals surface area contributed by atoms with E-state index in [0.717, 1.165) is 22.2 Å². The lowest BCUT2D eigenvalue weighted by Gasteiger charge is -2.05. The molecule has 0 radical (unpaired) electrons. The fourth-order valence-electron chi connectivity index (χ4n) is 2.32. The molecule has 6 nitrogen and oxygen atoms in total. The van der Waals surface area contributed by atoms with Crippen LogP contribution in [-0.2, 0) is 13.0 Å². The second kappa shape index (κ2) is 5.49. The first-order chi connectivity index (χ1) is 10.2. The van der Waals surface area contributed by atoms with Crippen LogP contribution in [0.4, 0.5) is 0 Å². The number of nitrogens with zero attached hydrogens (tertiary/aromatic N) is 3. The molecule has 0 aliphatic heterocycles. The SMILES string of the molecule is Cc1ccc2c(Cn3cc(CCN)nn3)cc(=O)oc2c1. The Morgan fingerprint density at radius 3 is 3.00 bits per heavy atom. The average molecular weight is 284 g/mol. The van der Waals surface area contributed by atoms with Crippen LogP contribution in [0.2, 0.25) is 0 Å². The van der Waals surface area contributed by atoms with Gasteiger partial charge >= 0.3 is 5.63 Å². The predicted octanol–water partition coefficient (Wildman–Crippen LogP) is 1.24. The average Bonchev–Trinajstić information content (AvgIpc) is 2.85. The van der Waals surface area contributed by atoms with Crippen molar-refractivity contribution in [3.63, 3.8) is 0 Å². The standard InChI is InChI=1S/C15H16N4O2/c1-10-2-3-13-11(7-15(20)21-14(13)6-10)8-19-9-12(4-5-16)17-18-19/h2-3,6-7,9H,4-5,8,16H2,1H3. The second-order valence-corrected chi connectivity index (χ2v) is 5.04. The van der Waals surface area contributed by atoms with E-state index < -0.39 is 0 Å². The van der Waals surface area contributed by atoms with Gasteiger partial charge in [0.15, 0.2) is 0 Å². The van der Waals surface area contributed by atoms with Crippen LogP contribution < -0.4 is 11.4 Å². The quantitative estimate of drug-likeness (QED) is 0.728. The summed E-state index contributed by atoms with van der Waals surface area (Å²) >= 11 is 0. The van der Waals surface area contributed by atoms with Gasteiger partial charge < -0.3 is 10.2 Å². The normalized spacial score (nSPS) is 11.1. The number of hydrogen-bond donors (Lipinski definition) is 1. The molecule has 2 N–H and O–H groups in total. The van der Waals surface area contributed by atoms with E-state index in [1.807, 2.05) is 31.3 Å². The van der Waals surface area contributed by atoms with Gasteiger partial charge in [0, 0.05) is 24.1 Å². The van der Waals surface area contributed by atoms with Crippen LogP contribution in [-0.4, -0.2) is 21.5 Å². The Kier molecular flexibility index (Phi) is 3.53. The maximum absolute atomic E-state index is 11.7. The molecule has 1 aromatic carbocycles. The van der Waals surface area contributed by atoms with Crippen molar-refractivity contribution in [1.29, 1.82) is 0 Å². The molecule has 0 aliphatic carbocycles. The van der Waals surface area contributed by atoms with Gasteiger partial charge in [0.2, 0.25) is 0 Å². The molecular weight excluding hydrogens is 268 g/mol. The van der Waals surface area contributed by atoms with Crippen molar-refractivity contribution in [2.24, 2.45) is 5.73 Å². The van der Waals surface area contributed by atoms with E-state index in [1.54, 1.807) is 4.68 Å². The Balaban J connectivity index is 2.01. The van der Waals surface area contributed by atoms with Crippen molar-refractivity contribution < 1.29 is 4.42 Å². The monoisotopic (exact) mass is 284 g/mol. The predicted molar refractivity (Wildman–Crippen MR) is 79.1 cm³/mol. The molecule has 0 atom stereocenters. The molecule has 0 saturated heterocycles. The largest absolute Gasteiger partial charge is 0.423 e. The molecule has 6 heteroatoms. The number of fused-ring (bicyclic) bond motifs is 1. The van der Waals surface area contributed by atoms with Crippen molar-refractivity contribution >= 4 is 11.0 Å². The minimum Gasteiger partial charge on any atom is -0.423 e. The first-order valence-corrected chi connectivity index (χ1v) is 6.78. The minimum absolute atomic E-state index is 0.356. The summed E-state index contributed by atoms with van der Waals surface area (Å²) in [6.45, 7) is 2.97. The third-order valence-electron chi connectivity index (χ3n) is 3.30. The molecular formula is C15H16N4O2. The van der Waals surface area contributed by atoms with E-state index in [4.69, 9.17) is 10.2 Å². The van der Waals surface area contributed by atoms with Gasteiger partial charge in [-0.1, -0.05) is 17.3 Å². The van der Waals surface area contributed by atoms with E-state index in [2.05, 4.69) is 10.3 Å². The Hall–Kier alpha value is -2.47. The van der Waals surface area contributed by atoms with E-state index in [-0.39, 0.29) is 5.63 Å². The highest BCUT2D eigenvalue weighted by Gasteiger charge is 2.08. The van der Waals surface area contributed by atoms with Crippen molar-refractivity contribution in [3.8, 4) is 0 Å². The Labute approximate surface area is 121 Å². The lowest BCUT2D eigenvalue weighted by molar-refractivity contribution is 0.555. The van der Waals surface area contributed by atoms with Gasteiger partial charge in [-0.2, -0.15) is 0 Å². The topological polar surface area (TPSA) is 86.9 Å². The Morgan fingerprint density at radius 2 is 2.19 bits per heavy atom. The summed E-state index contributed by atoms with van der Waals surface area (Å²) in [5.74, 6) is 0. The van der Waals surface area contributed by atoms with E-state index >= 15 is 0 Å². The van der Waals surface area contributed by atoms with E-state index in [1.165, 1.54) is 6.07 Å².